The van der Waals surface area contributed by atoms with Crippen LogP contribution in [0.25, 0.3) is 0 Å². The first-order valence-corrected chi connectivity index (χ1v) is 13.3. The molecule has 0 radical (unpaired) electrons. The Morgan fingerprint density at radius 2 is 1.81 bits per heavy atom. The molecule has 4 aliphatic rings. The molecule has 1 aromatic rings. The molecular formula is C25H40N6O. The molecule has 3 saturated carbocycles. The van der Waals surface area contributed by atoms with E-state index in [1.807, 2.05) is 0 Å². The predicted molar refractivity (Wildman–Crippen MR) is 124 cm³/mol. The molecule has 0 aromatic carbocycles. The summed E-state index contributed by atoms with van der Waals surface area (Å²) in [6.07, 6.45) is 17.6. The lowest BCUT2D eigenvalue weighted by atomic mass is 9.66. The van der Waals surface area contributed by atoms with E-state index in [1.54, 1.807) is 0 Å². The van der Waals surface area contributed by atoms with Crippen molar-refractivity contribution in [3.63, 3.8) is 0 Å². The molecule has 2 unspecified atom stereocenters. The number of amides is 1. The molecule has 0 saturated heterocycles. The molecule has 176 valence electrons. The molecule has 2 heterocycles. The highest BCUT2D eigenvalue weighted by Crippen LogP contribution is 2.47. The van der Waals surface area contributed by atoms with Crippen molar-refractivity contribution in [2.75, 3.05) is 6.54 Å². The topological polar surface area (TPSA) is 87.1 Å². The number of aliphatic imine (C=N–C) groups is 1. The van der Waals surface area contributed by atoms with Gasteiger partial charge in [-0.1, -0.05) is 44.2 Å². The first-order chi connectivity index (χ1) is 15.7. The van der Waals surface area contributed by atoms with Gasteiger partial charge in [-0.05, 0) is 75.5 Å². The third-order valence-corrected chi connectivity index (χ3v) is 8.93. The lowest BCUT2D eigenvalue weighted by molar-refractivity contribution is -0.131. The third-order valence-electron chi connectivity index (χ3n) is 8.93. The van der Waals surface area contributed by atoms with E-state index in [0.717, 1.165) is 69.1 Å². The Kier molecular flexibility index (Phi) is 6.61. The van der Waals surface area contributed by atoms with Gasteiger partial charge < -0.3 is 0 Å². The number of H-pyrrole nitrogens is 1. The fourth-order valence-electron chi connectivity index (χ4n) is 7.15. The third kappa shape index (κ3) is 4.24. The van der Waals surface area contributed by atoms with E-state index in [1.165, 1.54) is 51.4 Å². The molecule has 1 aliphatic heterocycles. The Bertz CT molecular complexity index is 791. The van der Waals surface area contributed by atoms with Crippen molar-refractivity contribution in [2.45, 2.75) is 115 Å². The van der Waals surface area contributed by atoms with Crippen molar-refractivity contribution in [1.29, 1.82) is 0 Å². The van der Waals surface area contributed by atoms with Gasteiger partial charge in [0.25, 0.3) is 5.91 Å². The molecular weight excluding hydrogens is 400 g/mol. The Balaban J connectivity index is 1.21. The van der Waals surface area contributed by atoms with E-state index in [2.05, 4.69) is 32.4 Å². The van der Waals surface area contributed by atoms with Gasteiger partial charge in [0.1, 0.15) is 11.4 Å². The average Bonchev–Trinajstić information content (AvgIpc) is 3.58. The van der Waals surface area contributed by atoms with Gasteiger partial charge in [0.2, 0.25) is 0 Å². The number of hydrogen-bond acceptors (Lipinski definition) is 5. The molecule has 7 nitrogen and oxygen atoms in total. The summed E-state index contributed by atoms with van der Waals surface area (Å²) in [6.45, 7) is 3.12. The summed E-state index contributed by atoms with van der Waals surface area (Å²) in [5.74, 6) is 4.90. The van der Waals surface area contributed by atoms with Gasteiger partial charge in [0, 0.05) is 18.9 Å². The number of aromatic amines is 1. The van der Waals surface area contributed by atoms with Gasteiger partial charge in [0.15, 0.2) is 5.82 Å². The minimum atomic E-state index is -0.389. The normalized spacial score (nSPS) is 32.6. The zero-order valence-corrected chi connectivity index (χ0v) is 19.8. The van der Waals surface area contributed by atoms with Crippen LogP contribution in [0.4, 0.5) is 0 Å². The number of hydrogen-bond donors (Lipinski definition) is 1. The molecule has 2 atom stereocenters. The lowest BCUT2D eigenvalue weighted by Crippen LogP contribution is -2.44. The van der Waals surface area contributed by atoms with E-state index >= 15 is 0 Å². The summed E-state index contributed by atoms with van der Waals surface area (Å²) in [5, 5.41) is 15.2. The number of amidine groups is 1. The molecule has 0 bridgehead atoms. The number of tetrazole rings is 1. The van der Waals surface area contributed by atoms with Gasteiger partial charge >= 0.3 is 0 Å². The number of nitrogens with zero attached hydrogens (tertiary/aromatic N) is 5. The van der Waals surface area contributed by atoms with Crippen molar-refractivity contribution in [3.05, 3.63) is 5.82 Å². The fraction of sp³-hybridized carbons (Fsp3) is 0.880. The van der Waals surface area contributed by atoms with Gasteiger partial charge in [-0.3, -0.25) is 14.7 Å². The van der Waals surface area contributed by atoms with Crippen molar-refractivity contribution >= 4 is 11.7 Å². The van der Waals surface area contributed by atoms with Gasteiger partial charge in [0.05, 0.1) is 0 Å². The zero-order valence-electron chi connectivity index (χ0n) is 19.8. The first kappa shape index (κ1) is 22.0. The standard InChI is InChI=1S/C25H40N6O/c1-2-3-10-22-26-25(15-6-7-16-25)24(32)31(22)17-18-11-13-19(14-12-18)20-8-4-5-9-21(20)23-27-29-30-28-23/h18-21H,2-17H2,1H3,(H,27,28,29,30). The number of aromatic nitrogens is 4. The molecule has 7 heteroatoms. The second-order valence-electron chi connectivity index (χ2n) is 10.9. The summed E-state index contributed by atoms with van der Waals surface area (Å²) >= 11 is 0. The Morgan fingerprint density at radius 1 is 1.03 bits per heavy atom. The number of rotatable bonds is 7. The van der Waals surface area contributed by atoms with Crippen LogP contribution in [0, 0.1) is 17.8 Å². The molecule has 32 heavy (non-hydrogen) atoms. The molecule has 1 amide bonds. The summed E-state index contributed by atoms with van der Waals surface area (Å²) in [5.41, 5.74) is -0.389. The maximum Gasteiger partial charge on any atom is 0.255 e. The number of carbonyl (C=O) groups is 1. The summed E-state index contributed by atoms with van der Waals surface area (Å²) in [4.78, 5) is 20.7. The van der Waals surface area contributed by atoms with Crippen molar-refractivity contribution < 1.29 is 4.79 Å². The highest BCUT2D eigenvalue weighted by molar-refractivity contribution is 6.08. The van der Waals surface area contributed by atoms with Crippen LogP contribution >= 0.6 is 0 Å². The summed E-state index contributed by atoms with van der Waals surface area (Å²) in [7, 11) is 0. The predicted octanol–water partition coefficient (Wildman–Crippen LogP) is 5.02. The quantitative estimate of drug-likeness (QED) is 0.644. The first-order valence-electron chi connectivity index (χ1n) is 13.3. The molecule has 1 N–H and O–H groups in total. The molecule has 3 aliphatic carbocycles. The number of unbranched alkanes of at least 4 members (excludes halogenated alkanes) is 1. The van der Waals surface area contributed by atoms with E-state index in [9.17, 15) is 4.79 Å². The highest BCUT2D eigenvalue weighted by atomic mass is 16.2. The van der Waals surface area contributed by atoms with Gasteiger partial charge in [-0.15, -0.1) is 10.2 Å². The number of nitrogens with one attached hydrogen (secondary N) is 1. The van der Waals surface area contributed by atoms with Crippen LogP contribution in [0.3, 0.4) is 0 Å². The van der Waals surface area contributed by atoms with Crippen LogP contribution in [-0.2, 0) is 4.79 Å². The van der Waals surface area contributed by atoms with Crippen molar-refractivity contribution in [2.24, 2.45) is 22.7 Å². The molecule has 1 spiro atoms. The zero-order chi connectivity index (χ0) is 22.0. The van der Waals surface area contributed by atoms with Crippen LogP contribution in [0.2, 0.25) is 0 Å². The largest absolute Gasteiger partial charge is 0.298 e. The Hall–Kier alpha value is -1.79. The van der Waals surface area contributed by atoms with Crippen LogP contribution in [0.1, 0.15) is 115 Å². The van der Waals surface area contributed by atoms with Crippen LogP contribution in [0.5, 0.6) is 0 Å². The second-order valence-corrected chi connectivity index (χ2v) is 10.9. The van der Waals surface area contributed by atoms with E-state index in [0.29, 0.717) is 23.7 Å². The van der Waals surface area contributed by atoms with Crippen molar-refractivity contribution in [1.82, 2.24) is 25.5 Å². The lowest BCUT2D eigenvalue weighted by Gasteiger charge is -2.40. The van der Waals surface area contributed by atoms with Crippen LogP contribution < -0.4 is 0 Å². The molecule has 5 rings (SSSR count). The highest BCUT2D eigenvalue weighted by Gasteiger charge is 2.49. The average molecular weight is 441 g/mol. The van der Waals surface area contributed by atoms with Crippen molar-refractivity contribution in [3.8, 4) is 0 Å². The molecule has 1 aromatic heterocycles. The fourth-order valence-corrected chi connectivity index (χ4v) is 7.15. The SMILES string of the molecule is CCCCC1=NC2(CCCC2)C(=O)N1CC1CCC(C2CCCCC2c2nn[nH]n2)CC1. The van der Waals surface area contributed by atoms with Crippen LogP contribution in [-0.4, -0.2) is 49.4 Å². The molecule has 3 fully saturated rings. The Labute approximate surface area is 192 Å². The smallest absolute Gasteiger partial charge is 0.255 e. The number of carbonyl (C=O) groups excluding carboxylic acids is 1. The minimum absolute atomic E-state index is 0.327. The van der Waals surface area contributed by atoms with E-state index in [-0.39, 0.29) is 5.54 Å². The maximum absolute atomic E-state index is 13.5. The minimum Gasteiger partial charge on any atom is -0.298 e. The van der Waals surface area contributed by atoms with E-state index < -0.39 is 0 Å². The second kappa shape index (κ2) is 9.60. The van der Waals surface area contributed by atoms with Crippen LogP contribution in [0.15, 0.2) is 4.99 Å². The summed E-state index contributed by atoms with van der Waals surface area (Å²) in [6, 6.07) is 0. The van der Waals surface area contributed by atoms with Gasteiger partial charge in [-0.2, -0.15) is 5.21 Å². The van der Waals surface area contributed by atoms with Gasteiger partial charge in [-0.25, -0.2) is 0 Å². The summed E-state index contributed by atoms with van der Waals surface area (Å²) < 4.78 is 0. The Morgan fingerprint density at radius 3 is 2.53 bits per heavy atom. The van der Waals surface area contributed by atoms with E-state index in [4.69, 9.17) is 4.99 Å². The maximum atomic E-state index is 13.5. The monoisotopic (exact) mass is 440 g/mol.